The highest BCUT2D eigenvalue weighted by atomic mass is 32.1. The van der Waals surface area contributed by atoms with Gasteiger partial charge in [0.15, 0.2) is 0 Å². The molecule has 0 aromatic carbocycles. The van der Waals surface area contributed by atoms with Crippen molar-refractivity contribution in [2.45, 2.75) is 57.0 Å². The standard InChI is InChI=1S/C18H24N4OS/c19-10-14-13-4-2-1-3-5-16(13)24-18(14)22-9-7-12(11-22)21-17(23)15-6-8-20-15/h12,15,20H,1-9,11H2,(H,21,23)/t12-,15-/m0/s1. The monoisotopic (exact) mass is 344 g/mol. The zero-order chi connectivity index (χ0) is 16.5. The van der Waals surface area contributed by atoms with Gasteiger partial charge in [0.05, 0.1) is 11.6 Å². The van der Waals surface area contributed by atoms with Crippen LogP contribution in [-0.2, 0) is 17.6 Å². The number of thiophene rings is 1. The number of hydrogen-bond donors (Lipinski definition) is 2. The Morgan fingerprint density at radius 3 is 2.88 bits per heavy atom. The van der Waals surface area contributed by atoms with E-state index in [1.54, 1.807) is 0 Å². The van der Waals surface area contributed by atoms with Crippen LogP contribution in [0.2, 0.25) is 0 Å². The molecule has 1 amide bonds. The van der Waals surface area contributed by atoms with E-state index in [-0.39, 0.29) is 18.0 Å². The summed E-state index contributed by atoms with van der Waals surface area (Å²) >= 11 is 1.82. The fourth-order valence-electron chi connectivity index (χ4n) is 3.94. The molecule has 0 spiro atoms. The Morgan fingerprint density at radius 1 is 1.29 bits per heavy atom. The van der Waals surface area contributed by atoms with Crippen LogP contribution in [0.3, 0.4) is 0 Å². The van der Waals surface area contributed by atoms with E-state index in [9.17, 15) is 10.1 Å². The van der Waals surface area contributed by atoms with Gasteiger partial charge in [-0.1, -0.05) is 6.42 Å². The molecule has 2 aliphatic heterocycles. The molecule has 1 aromatic rings. The van der Waals surface area contributed by atoms with E-state index >= 15 is 0 Å². The van der Waals surface area contributed by atoms with E-state index in [0.717, 1.165) is 55.9 Å². The molecule has 0 radical (unpaired) electrons. The Morgan fingerprint density at radius 2 is 2.12 bits per heavy atom. The number of nitriles is 1. The summed E-state index contributed by atoms with van der Waals surface area (Å²) in [7, 11) is 0. The predicted octanol–water partition coefficient (Wildman–Crippen LogP) is 1.95. The molecule has 2 N–H and O–H groups in total. The molecule has 2 saturated heterocycles. The Balaban J connectivity index is 1.47. The average Bonchev–Trinajstić information content (AvgIpc) is 3.03. The molecule has 4 rings (SSSR count). The number of hydrogen-bond acceptors (Lipinski definition) is 5. The number of aryl methyl sites for hydroxylation is 1. The minimum absolute atomic E-state index is 0.00604. The fourth-order valence-corrected chi connectivity index (χ4v) is 5.32. The third-order valence-electron chi connectivity index (χ3n) is 5.48. The number of rotatable bonds is 3. The molecule has 0 unspecified atom stereocenters. The third-order valence-corrected chi connectivity index (χ3v) is 6.83. The molecule has 0 saturated carbocycles. The Bertz CT molecular complexity index is 673. The van der Waals surface area contributed by atoms with Gasteiger partial charge in [-0.25, -0.2) is 0 Å². The minimum atomic E-state index is 0.00604. The maximum atomic E-state index is 12.1. The zero-order valence-electron chi connectivity index (χ0n) is 13.9. The SMILES string of the molecule is N#Cc1c(N2CC[C@H](NC(=O)[C@@H]3CCN3)C2)sc2c1CCCCC2. The first kappa shape index (κ1) is 15.9. The molecular weight excluding hydrogens is 320 g/mol. The van der Waals surface area contributed by atoms with Gasteiger partial charge in [-0.3, -0.25) is 4.79 Å². The quantitative estimate of drug-likeness (QED) is 0.823. The number of carbonyl (C=O) groups excluding carboxylic acids is 1. The van der Waals surface area contributed by atoms with Gasteiger partial charge < -0.3 is 15.5 Å². The van der Waals surface area contributed by atoms with Crippen molar-refractivity contribution in [3.05, 3.63) is 16.0 Å². The molecule has 1 aromatic heterocycles. The van der Waals surface area contributed by atoms with Crippen molar-refractivity contribution < 1.29 is 4.79 Å². The van der Waals surface area contributed by atoms with Crippen LogP contribution >= 0.6 is 11.3 Å². The second-order valence-electron chi connectivity index (χ2n) is 7.09. The molecule has 1 aliphatic carbocycles. The van der Waals surface area contributed by atoms with Crippen molar-refractivity contribution in [3.63, 3.8) is 0 Å². The summed E-state index contributed by atoms with van der Waals surface area (Å²) < 4.78 is 0. The largest absolute Gasteiger partial charge is 0.360 e. The van der Waals surface area contributed by atoms with Crippen molar-refractivity contribution in [3.8, 4) is 6.07 Å². The van der Waals surface area contributed by atoms with Gasteiger partial charge in [-0.15, -0.1) is 11.3 Å². The van der Waals surface area contributed by atoms with Crippen LogP contribution in [0.4, 0.5) is 5.00 Å². The van der Waals surface area contributed by atoms with Crippen LogP contribution in [0.1, 0.15) is 48.1 Å². The number of anilines is 1. The number of nitrogens with one attached hydrogen (secondary N) is 2. The lowest BCUT2D eigenvalue weighted by atomic mass is 10.1. The van der Waals surface area contributed by atoms with Gasteiger partial charge in [0, 0.05) is 24.0 Å². The summed E-state index contributed by atoms with van der Waals surface area (Å²) in [6.07, 6.45) is 7.79. The normalized spacial score (nSPS) is 26.2. The van der Waals surface area contributed by atoms with Gasteiger partial charge in [-0.05, 0) is 50.6 Å². The molecule has 2 atom stereocenters. The molecule has 3 heterocycles. The van der Waals surface area contributed by atoms with Crippen LogP contribution in [0.5, 0.6) is 0 Å². The summed E-state index contributed by atoms with van der Waals surface area (Å²) in [5.41, 5.74) is 2.21. The lowest BCUT2D eigenvalue weighted by Crippen LogP contribution is -2.55. The number of nitrogens with zero attached hydrogens (tertiary/aromatic N) is 2. The van der Waals surface area contributed by atoms with E-state index in [1.165, 1.54) is 29.7 Å². The van der Waals surface area contributed by atoms with Crippen LogP contribution < -0.4 is 15.5 Å². The Kier molecular flexibility index (Phi) is 4.47. The minimum Gasteiger partial charge on any atom is -0.360 e. The van der Waals surface area contributed by atoms with Gasteiger partial charge in [0.25, 0.3) is 0 Å². The zero-order valence-corrected chi connectivity index (χ0v) is 14.8. The molecule has 2 fully saturated rings. The molecular formula is C18H24N4OS. The number of amides is 1. The van der Waals surface area contributed by atoms with Crippen LogP contribution in [0, 0.1) is 11.3 Å². The van der Waals surface area contributed by atoms with Gasteiger partial charge in [0.2, 0.25) is 5.91 Å². The fraction of sp³-hybridized carbons (Fsp3) is 0.667. The van der Waals surface area contributed by atoms with E-state index in [0.29, 0.717) is 0 Å². The average molecular weight is 344 g/mol. The first-order valence-corrected chi connectivity index (χ1v) is 9.91. The van der Waals surface area contributed by atoms with Crippen molar-refractivity contribution >= 4 is 22.2 Å². The molecule has 24 heavy (non-hydrogen) atoms. The van der Waals surface area contributed by atoms with Crippen molar-refractivity contribution in [1.29, 1.82) is 5.26 Å². The van der Waals surface area contributed by atoms with Crippen molar-refractivity contribution in [2.75, 3.05) is 24.5 Å². The predicted molar refractivity (Wildman–Crippen MR) is 95.5 cm³/mol. The first-order valence-electron chi connectivity index (χ1n) is 9.09. The molecule has 6 heteroatoms. The first-order chi connectivity index (χ1) is 11.8. The maximum Gasteiger partial charge on any atom is 0.237 e. The molecule has 128 valence electrons. The topological polar surface area (TPSA) is 68.2 Å². The van der Waals surface area contributed by atoms with Crippen molar-refractivity contribution in [2.24, 2.45) is 0 Å². The Hall–Kier alpha value is -1.58. The lowest BCUT2D eigenvalue weighted by molar-refractivity contribution is -0.125. The second-order valence-corrected chi connectivity index (χ2v) is 8.18. The van der Waals surface area contributed by atoms with Gasteiger partial charge >= 0.3 is 0 Å². The van der Waals surface area contributed by atoms with Gasteiger partial charge in [0.1, 0.15) is 11.1 Å². The smallest absolute Gasteiger partial charge is 0.237 e. The van der Waals surface area contributed by atoms with Crippen LogP contribution in [-0.4, -0.2) is 37.6 Å². The van der Waals surface area contributed by atoms with E-state index in [1.807, 2.05) is 11.3 Å². The summed E-state index contributed by atoms with van der Waals surface area (Å²) in [4.78, 5) is 15.8. The van der Waals surface area contributed by atoms with Crippen LogP contribution in [0.15, 0.2) is 0 Å². The van der Waals surface area contributed by atoms with E-state index < -0.39 is 0 Å². The second kappa shape index (κ2) is 6.73. The maximum absolute atomic E-state index is 12.1. The highest BCUT2D eigenvalue weighted by Crippen LogP contribution is 2.40. The summed E-state index contributed by atoms with van der Waals surface area (Å²) in [6.45, 7) is 2.70. The van der Waals surface area contributed by atoms with E-state index in [2.05, 4.69) is 21.6 Å². The number of fused-ring (bicyclic) bond motifs is 1. The summed E-state index contributed by atoms with van der Waals surface area (Å²) in [5, 5.41) is 17.2. The summed E-state index contributed by atoms with van der Waals surface area (Å²) in [5.74, 6) is 0.135. The van der Waals surface area contributed by atoms with E-state index in [4.69, 9.17) is 0 Å². The Labute approximate surface area is 147 Å². The molecule has 5 nitrogen and oxygen atoms in total. The molecule has 0 bridgehead atoms. The highest BCUT2D eigenvalue weighted by molar-refractivity contribution is 7.16. The third kappa shape index (κ3) is 2.91. The van der Waals surface area contributed by atoms with Gasteiger partial charge in [-0.2, -0.15) is 5.26 Å². The molecule has 3 aliphatic rings. The highest BCUT2D eigenvalue weighted by Gasteiger charge is 2.32. The van der Waals surface area contributed by atoms with Crippen LogP contribution in [0.25, 0.3) is 0 Å². The lowest BCUT2D eigenvalue weighted by Gasteiger charge is -2.27. The van der Waals surface area contributed by atoms with Crippen molar-refractivity contribution in [1.82, 2.24) is 10.6 Å². The summed E-state index contributed by atoms with van der Waals surface area (Å²) in [6, 6.07) is 2.68. The number of carbonyl (C=O) groups is 1.